The Morgan fingerprint density at radius 3 is 2.61 bits per heavy atom. The molecule has 0 aromatic heterocycles. The number of benzene rings is 1. The van der Waals surface area contributed by atoms with Gasteiger partial charge in [-0.05, 0) is 36.6 Å². The van der Waals surface area contributed by atoms with E-state index in [9.17, 15) is 4.79 Å². The fraction of sp³-hybridized carbons (Fsp3) is 0.400. The van der Waals surface area contributed by atoms with Gasteiger partial charge in [-0.15, -0.1) is 0 Å². The van der Waals surface area contributed by atoms with E-state index in [4.69, 9.17) is 11.6 Å². The van der Waals surface area contributed by atoms with E-state index in [1.165, 1.54) is 24.5 Å². The summed E-state index contributed by atoms with van der Waals surface area (Å²) in [6.45, 7) is 3.51. The van der Waals surface area contributed by atoms with Crippen LogP contribution in [0.2, 0.25) is 5.02 Å². The molecular formula is C15H18ClNO. The van der Waals surface area contributed by atoms with E-state index in [1.54, 1.807) is 0 Å². The highest BCUT2D eigenvalue weighted by Gasteiger charge is 2.27. The summed E-state index contributed by atoms with van der Waals surface area (Å²) >= 11 is 5.91. The van der Waals surface area contributed by atoms with Gasteiger partial charge in [-0.25, -0.2) is 0 Å². The molecule has 18 heavy (non-hydrogen) atoms. The summed E-state index contributed by atoms with van der Waals surface area (Å²) in [5.74, 6) is 0.306. The SMILES string of the molecule is C=CC(=O)NC1CCCCC1c1ccc(Cl)cc1. The van der Waals surface area contributed by atoms with Gasteiger partial charge in [0.2, 0.25) is 5.91 Å². The van der Waals surface area contributed by atoms with Gasteiger partial charge < -0.3 is 5.32 Å². The van der Waals surface area contributed by atoms with Crippen molar-refractivity contribution in [1.82, 2.24) is 5.32 Å². The Bertz CT molecular complexity index is 427. The highest BCUT2D eigenvalue weighted by atomic mass is 35.5. The van der Waals surface area contributed by atoms with Crippen LogP contribution in [0.3, 0.4) is 0 Å². The number of carbonyl (C=O) groups excluding carboxylic acids is 1. The molecule has 0 radical (unpaired) electrons. The third kappa shape index (κ3) is 3.14. The summed E-state index contributed by atoms with van der Waals surface area (Å²) in [6, 6.07) is 8.16. The Morgan fingerprint density at radius 1 is 1.28 bits per heavy atom. The zero-order valence-corrected chi connectivity index (χ0v) is 11.1. The van der Waals surface area contributed by atoms with Gasteiger partial charge in [0.15, 0.2) is 0 Å². The van der Waals surface area contributed by atoms with E-state index in [0.29, 0.717) is 5.92 Å². The second-order valence-corrected chi connectivity index (χ2v) is 5.20. The van der Waals surface area contributed by atoms with Crippen molar-refractivity contribution in [2.45, 2.75) is 37.6 Å². The van der Waals surface area contributed by atoms with Crippen molar-refractivity contribution in [1.29, 1.82) is 0 Å². The lowest BCUT2D eigenvalue weighted by Gasteiger charge is -2.32. The van der Waals surface area contributed by atoms with E-state index in [1.807, 2.05) is 12.1 Å². The number of hydrogen-bond acceptors (Lipinski definition) is 1. The Morgan fingerprint density at radius 2 is 1.94 bits per heavy atom. The topological polar surface area (TPSA) is 29.1 Å². The standard InChI is InChI=1S/C15H18ClNO/c1-2-15(18)17-14-6-4-3-5-13(14)11-7-9-12(16)10-8-11/h2,7-10,13-14H,1,3-6H2,(H,17,18). The van der Waals surface area contributed by atoms with Gasteiger partial charge in [-0.1, -0.05) is 43.2 Å². The van der Waals surface area contributed by atoms with Crippen molar-refractivity contribution in [3.8, 4) is 0 Å². The predicted octanol–water partition coefficient (Wildman–Crippen LogP) is 3.67. The maximum atomic E-state index is 11.5. The molecule has 1 aromatic rings. The fourth-order valence-electron chi connectivity index (χ4n) is 2.65. The first-order valence-electron chi connectivity index (χ1n) is 6.39. The highest BCUT2D eigenvalue weighted by Crippen LogP contribution is 2.33. The lowest BCUT2D eigenvalue weighted by Crippen LogP contribution is -2.40. The van der Waals surface area contributed by atoms with Crippen molar-refractivity contribution in [3.05, 3.63) is 47.5 Å². The maximum Gasteiger partial charge on any atom is 0.243 e. The number of carbonyl (C=O) groups is 1. The molecule has 0 spiro atoms. The molecule has 2 rings (SSSR count). The number of amides is 1. The predicted molar refractivity (Wildman–Crippen MR) is 74.8 cm³/mol. The van der Waals surface area contributed by atoms with Crippen LogP contribution < -0.4 is 5.32 Å². The fourth-order valence-corrected chi connectivity index (χ4v) is 2.78. The summed E-state index contributed by atoms with van der Waals surface area (Å²) in [5, 5.41) is 3.79. The largest absolute Gasteiger partial charge is 0.349 e. The summed E-state index contributed by atoms with van der Waals surface area (Å²) in [6.07, 6.45) is 5.88. The second kappa shape index (κ2) is 6.05. The zero-order chi connectivity index (χ0) is 13.0. The third-order valence-corrected chi connectivity index (χ3v) is 3.83. The van der Waals surface area contributed by atoms with Crippen LogP contribution in [0.4, 0.5) is 0 Å². The molecule has 1 aromatic carbocycles. The molecule has 0 heterocycles. The average molecular weight is 264 g/mol. The second-order valence-electron chi connectivity index (χ2n) is 4.76. The number of hydrogen-bond donors (Lipinski definition) is 1. The van der Waals surface area contributed by atoms with E-state index in [-0.39, 0.29) is 11.9 Å². The molecule has 1 amide bonds. The molecule has 0 aliphatic heterocycles. The van der Waals surface area contributed by atoms with Gasteiger partial charge >= 0.3 is 0 Å². The molecule has 1 saturated carbocycles. The molecule has 0 saturated heterocycles. The van der Waals surface area contributed by atoms with Gasteiger partial charge in [0.1, 0.15) is 0 Å². The monoisotopic (exact) mass is 263 g/mol. The Balaban J connectivity index is 2.14. The molecular weight excluding hydrogens is 246 g/mol. The Hall–Kier alpha value is -1.28. The smallest absolute Gasteiger partial charge is 0.243 e. The van der Waals surface area contributed by atoms with Crippen molar-refractivity contribution >= 4 is 17.5 Å². The van der Waals surface area contributed by atoms with Gasteiger partial charge in [0.05, 0.1) is 0 Å². The first-order chi connectivity index (χ1) is 8.70. The molecule has 2 atom stereocenters. The van der Waals surface area contributed by atoms with E-state index < -0.39 is 0 Å². The van der Waals surface area contributed by atoms with Crippen LogP contribution in [0, 0.1) is 0 Å². The number of rotatable bonds is 3. The summed E-state index contributed by atoms with van der Waals surface area (Å²) in [5.41, 5.74) is 1.26. The normalized spacial score (nSPS) is 23.4. The molecule has 1 aliphatic rings. The van der Waals surface area contributed by atoms with Crippen LogP contribution in [0.5, 0.6) is 0 Å². The number of halogens is 1. The summed E-state index contributed by atoms with van der Waals surface area (Å²) in [4.78, 5) is 11.5. The van der Waals surface area contributed by atoms with Crippen molar-refractivity contribution in [3.63, 3.8) is 0 Å². The minimum Gasteiger partial charge on any atom is -0.349 e. The Kier molecular flexibility index (Phi) is 4.43. The van der Waals surface area contributed by atoms with Crippen molar-refractivity contribution in [2.75, 3.05) is 0 Å². The van der Waals surface area contributed by atoms with Crippen LogP contribution in [0.25, 0.3) is 0 Å². The molecule has 1 aliphatic carbocycles. The Labute approximate surface area is 113 Å². The minimum atomic E-state index is -0.0825. The van der Waals surface area contributed by atoms with Crippen molar-refractivity contribution < 1.29 is 4.79 Å². The van der Waals surface area contributed by atoms with Gasteiger partial charge in [-0.3, -0.25) is 4.79 Å². The third-order valence-electron chi connectivity index (χ3n) is 3.58. The van der Waals surface area contributed by atoms with Crippen LogP contribution in [0.15, 0.2) is 36.9 Å². The molecule has 0 bridgehead atoms. The molecule has 2 nitrogen and oxygen atoms in total. The van der Waals surface area contributed by atoms with Crippen LogP contribution in [-0.4, -0.2) is 11.9 Å². The average Bonchev–Trinajstić information content (AvgIpc) is 2.40. The quantitative estimate of drug-likeness (QED) is 0.829. The van der Waals surface area contributed by atoms with Gasteiger partial charge in [0, 0.05) is 17.0 Å². The first kappa shape index (κ1) is 13.2. The van der Waals surface area contributed by atoms with Crippen LogP contribution in [0.1, 0.15) is 37.2 Å². The summed E-state index contributed by atoms with van der Waals surface area (Å²) < 4.78 is 0. The van der Waals surface area contributed by atoms with Crippen LogP contribution >= 0.6 is 11.6 Å². The van der Waals surface area contributed by atoms with E-state index in [2.05, 4.69) is 24.0 Å². The van der Waals surface area contributed by atoms with Crippen LogP contribution in [-0.2, 0) is 4.79 Å². The maximum absolute atomic E-state index is 11.5. The number of nitrogens with one attached hydrogen (secondary N) is 1. The molecule has 2 unspecified atom stereocenters. The molecule has 3 heteroatoms. The van der Waals surface area contributed by atoms with Crippen molar-refractivity contribution in [2.24, 2.45) is 0 Å². The minimum absolute atomic E-state index is 0.0825. The van der Waals surface area contributed by atoms with Gasteiger partial charge in [0.25, 0.3) is 0 Å². The molecule has 96 valence electrons. The van der Waals surface area contributed by atoms with Gasteiger partial charge in [-0.2, -0.15) is 0 Å². The van der Waals surface area contributed by atoms with E-state index >= 15 is 0 Å². The highest BCUT2D eigenvalue weighted by molar-refractivity contribution is 6.30. The zero-order valence-electron chi connectivity index (χ0n) is 10.4. The first-order valence-corrected chi connectivity index (χ1v) is 6.77. The molecule has 1 fully saturated rings. The lowest BCUT2D eigenvalue weighted by molar-refractivity contribution is -0.117. The van der Waals surface area contributed by atoms with E-state index in [0.717, 1.165) is 17.9 Å². The molecule has 1 N–H and O–H groups in total. The summed E-state index contributed by atoms with van der Waals surface area (Å²) in [7, 11) is 0. The lowest BCUT2D eigenvalue weighted by atomic mass is 9.80.